The van der Waals surface area contributed by atoms with Crippen LogP contribution in [0.2, 0.25) is 0 Å². The van der Waals surface area contributed by atoms with E-state index in [1.165, 1.54) is 22.2 Å². The van der Waals surface area contributed by atoms with Crippen molar-refractivity contribution in [1.82, 2.24) is 15.0 Å². The van der Waals surface area contributed by atoms with Crippen LogP contribution < -0.4 is 10.6 Å². The van der Waals surface area contributed by atoms with Crippen molar-refractivity contribution in [3.63, 3.8) is 0 Å². The second-order valence-electron chi connectivity index (χ2n) is 4.95. The molecule has 0 fully saturated rings. The zero-order valence-electron chi connectivity index (χ0n) is 12.8. The van der Waals surface area contributed by atoms with Crippen LogP contribution in [-0.4, -0.2) is 20.9 Å². The van der Waals surface area contributed by atoms with E-state index in [0.29, 0.717) is 11.8 Å². The SMILES string of the molecule is CC(=O)Nc1nc(C)nc(NC(C)c2cc(C)sc2C)n1. The summed E-state index contributed by atoms with van der Waals surface area (Å²) in [5.41, 5.74) is 1.23. The van der Waals surface area contributed by atoms with Gasteiger partial charge in [0.15, 0.2) is 0 Å². The lowest BCUT2D eigenvalue weighted by atomic mass is 10.1. The first-order chi connectivity index (χ1) is 9.85. The van der Waals surface area contributed by atoms with Gasteiger partial charge in [0, 0.05) is 16.7 Å². The van der Waals surface area contributed by atoms with Gasteiger partial charge in [0.05, 0.1) is 6.04 Å². The van der Waals surface area contributed by atoms with E-state index in [1.54, 1.807) is 18.3 Å². The van der Waals surface area contributed by atoms with Gasteiger partial charge < -0.3 is 5.32 Å². The van der Waals surface area contributed by atoms with Crippen LogP contribution in [0.15, 0.2) is 6.07 Å². The van der Waals surface area contributed by atoms with Crippen molar-refractivity contribution in [2.45, 2.75) is 40.7 Å². The number of aryl methyl sites for hydroxylation is 3. The molecular weight excluding hydrogens is 286 g/mol. The van der Waals surface area contributed by atoms with Crippen LogP contribution in [0.3, 0.4) is 0 Å². The molecule has 2 aromatic heterocycles. The maximum absolute atomic E-state index is 11.1. The molecule has 0 bridgehead atoms. The van der Waals surface area contributed by atoms with E-state index in [-0.39, 0.29) is 17.9 Å². The number of amides is 1. The Morgan fingerprint density at radius 2 is 1.86 bits per heavy atom. The molecule has 0 aliphatic heterocycles. The molecular formula is C14H19N5OS. The lowest BCUT2D eigenvalue weighted by molar-refractivity contribution is -0.114. The Hall–Kier alpha value is -2.02. The highest BCUT2D eigenvalue weighted by molar-refractivity contribution is 7.12. The molecule has 1 atom stereocenters. The first-order valence-electron chi connectivity index (χ1n) is 6.69. The average molecular weight is 305 g/mol. The maximum atomic E-state index is 11.1. The summed E-state index contributed by atoms with van der Waals surface area (Å²) in [5, 5.41) is 5.84. The van der Waals surface area contributed by atoms with Gasteiger partial charge in [-0.15, -0.1) is 11.3 Å². The fourth-order valence-electron chi connectivity index (χ4n) is 2.11. The van der Waals surface area contributed by atoms with Crippen LogP contribution >= 0.6 is 11.3 Å². The number of hydrogen-bond donors (Lipinski definition) is 2. The topological polar surface area (TPSA) is 79.8 Å². The molecule has 0 aliphatic carbocycles. The van der Waals surface area contributed by atoms with E-state index in [1.807, 2.05) is 0 Å². The van der Waals surface area contributed by atoms with Gasteiger partial charge in [0.2, 0.25) is 17.8 Å². The van der Waals surface area contributed by atoms with Crippen molar-refractivity contribution in [3.05, 3.63) is 27.2 Å². The number of thiophene rings is 1. The molecule has 1 amide bonds. The summed E-state index contributed by atoms with van der Waals surface area (Å²) >= 11 is 1.77. The average Bonchev–Trinajstić information content (AvgIpc) is 2.66. The molecule has 0 radical (unpaired) electrons. The van der Waals surface area contributed by atoms with Crippen LogP contribution in [0.1, 0.15) is 41.0 Å². The third kappa shape index (κ3) is 3.98. The zero-order chi connectivity index (χ0) is 15.6. The molecule has 21 heavy (non-hydrogen) atoms. The van der Waals surface area contributed by atoms with Crippen molar-refractivity contribution in [2.24, 2.45) is 0 Å². The van der Waals surface area contributed by atoms with Gasteiger partial charge in [-0.05, 0) is 39.3 Å². The molecule has 2 N–H and O–H groups in total. The molecule has 0 saturated carbocycles. The molecule has 2 heterocycles. The number of anilines is 2. The predicted octanol–water partition coefficient (Wildman–Crippen LogP) is 2.99. The highest BCUT2D eigenvalue weighted by atomic mass is 32.1. The highest BCUT2D eigenvalue weighted by Crippen LogP contribution is 2.27. The summed E-state index contributed by atoms with van der Waals surface area (Å²) in [5.74, 6) is 1.08. The van der Waals surface area contributed by atoms with Gasteiger partial charge in [0.25, 0.3) is 0 Å². The molecule has 2 rings (SSSR count). The largest absolute Gasteiger partial charge is 0.348 e. The Morgan fingerprint density at radius 1 is 1.19 bits per heavy atom. The molecule has 0 saturated heterocycles. The summed E-state index contributed by atoms with van der Waals surface area (Å²) in [6.07, 6.45) is 0. The lowest BCUT2D eigenvalue weighted by Crippen LogP contribution is -2.15. The first kappa shape index (κ1) is 15.4. The molecule has 112 valence electrons. The molecule has 6 nitrogen and oxygen atoms in total. The minimum atomic E-state index is -0.205. The number of carbonyl (C=O) groups is 1. The highest BCUT2D eigenvalue weighted by Gasteiger charge is 2.13. The number of carbonyl (C=O) groups excluding carboxylic acids is 1. The molecule has 1 unspecified atom stereocenters. The number of nitrogens with one attached hydrogen (secondary N) is 2. The Balaban J connectivity index is 2.20. The fourth-order valence-corrected chi connectivity index (χ4v) is 3.13. The summed E-state index contributed by atoms with van der Waals surface area (Å²) in [6, 6.07) is 2.25. The molecule has 0 aromatic carbocycles. The fraction of sp³-hybridized carbons (Fsp3) is 0.429. The zero-order valence-corrected chi connectivity index (χ0v) is 13.6. The summed E-state index contributed by atoms with van der Waals surface area (Å²) in [7, 11) is 0. The summed E-state index contributed by atoms with van der Waals surface area (Å²) in [4.78, 5) is 26.2. The van der Waals surface area contributed by atoms with E-state index >= 15 is 0 Å². The van der Waals surface area contributed by atoms with Gasteiger partial charge in [-0.1, -0.05) is 0 Å². The second-order valence-corrected chi connectivity index (χ2v) is 6.41. The third-order valence-corrected chi connectivity index (χ3v) is 3.91. The Labute approximate surface area is 128 Å². The van der Waals surface area contributed by atoms with Crippen LogP contribution in [0.5, 0.6) is 0 Å². The van der Waals surface area contributed by atoms with Gasteiger partial charge in [-0.2, -0.15) is 15.0 Å². The smallest absolute Gasteiger partial charge is 0.234 e. The van der Waals surface area contributed by atoms with Crippen LogP contribution in [0.4, 0.5) is 11.9 Å². The van der Waals surface area contributed by atoms with Gasteiger partial charge in [-0.3, -0.25) is 10.1 Å². The van der Waals surface area contributed by atoms with Crippen LogP contribution in [0.25, 0.3) is 0 Å². The van der Waals surface area contributed by atoms with Crippen LogP contribution in [0, 0.1) is 20.8 Å². The normalized spacial score (nSPS) is 12.0. The Bertz CT molecular complexity index is 667. The van der Waals surface area contributed by atoms with E-state index in [2.05, 4.69) is 52.4 Å². The third-order valence-electron chi connectivity index (χ3n) is 2.93. The molecule has 7 heteroatoms. The number of hydrogen-bond acceptors (Lipinski definition) is 6. The van der Waals surface area contributed by atoms with Crippen molar-refractivity contribution in [3.8, 4) is 0 Å². The predicted molar refractivity (Wildman–Crippen MR) is 84.7 cm³/mol. The van der Waals surface area contributed by atoms with Crippen molar-refractivity contribution in [2.75, 3.05) is 10.6 Å². The Kier molecular flexibility index (Phi) is 4.52. The first-order valence-corrected chi connectivity index (χ1v) is 7.50. The quantitative estimate of drug-likeness (QED) is 0.907. The van der Waals surface area contributed by atoms with E-state index < -0.39 is 0 Å². The van der Waals surface area contributed by atoms with Gasteiger partial charge in [-0.25, -0.2) is 0 Å². The molecule has 0 aliphatic rings. The van der Waals surface area contributed by atoms with Gasteiger partial charge in [0.1, 0.15) is 5.82 Å². The minimum Gasteiger partial charge on any atom is -0.348 e. The minimum absolute atomic E-state index is 0.0851. The summed E-state index contributed by atoms with van der Waals surface area (Å²) < 4.78 is 0. The number of rotatable bonds is 4. The van der Waals surface area contributed by atoms with E-state index in [0.717, 1.165) is 0 Å². The molecule has 2 aromatic rings. The standard InChI is InChI=1S/C14H19N5OS/c1-7-6-12(9(3)21-7)8(2)15-13-16-10(4)17-14(19-13)18-11(5)20/h6,8H,1-5H3,(H2,15,16,17,18,19,20). The monoisotopic (exact) mass is 305 g/mol. The van der Waals surface area contributed by atoms with Gasteiger partial charge >= 0.3 is 0 Å². The Morgan fingerprint density at radius 3 is 2.43 bits per heavy atom. The van der Waals surface area contributed by atoms with Crippen molar-refractivity contribution >= 4 is 29.1 Å². The van der Waals surface area contributed by atoms with E-state index in [9.17, 15) is 4.79 Å². The second kappa shape index (κ2) is 6.17. The van der Waals surface area contributed by atoms with E-state index in [4.69, 9.17) is 0 Å². The summed E-state index contributed by atoms with van der Waals surface area (Å²) in [6.45, 7) is 9.45. The number of aromatic nitrogens is 3. The van der Waals surface area contributed by atoms with Crippen molar-refractivity contribution < 1.29 is 4.79 Å². The maximum Gasteiger partial charge on any atom is 0.234 e. The lowest BCUT2D eigenvalue weighted by Gasteiger charge is -2.14. The van der Waals surface area contributed by atoms with Crippen molar-refractivity contribution in [1.29, 1.82) is 0 Å². The molecule has 0 spiro atoms. The number of nitrogens with zero attached hydrogens (tertiary/aromatic N) is 3. The van der Waals surface area contributed by atoms with Crippen LogP contribution in [-0.2, 0) is 4.79 Å².